The maximum Gasteiger partial charge on any atom is 0.261 e. The van der Waals surface area contributed by atoms with Crippen molar-refractivity contribution in [1.29, 1.82) is 0 Å². The van der Waals surface area contributed by atoms with E-state index in [1.165, 1.54) is 42.2 Å². The molecule has 1 aromatic rings. The molecule has 1 aromatic carbocycles. The summed E-state index contributed by atoms with van der Waals surface area (Å²) < 4.78 is 0. The third-order valence-electron chi connectivity index (χ3n) is 4.13. The van der Waals surface area contributed by atoms with Crippen molar-refractivity contribution in [3.63, 3.8) is 0 Å². The van der Waals surface area contributed by atoms with Crippen molar-refractivity contribution in [3.8, 4) is 0 Å². The largest absolute Gasteiger partial charge is 0.333 e. The van der Waals surface area contributed by atoms with Crippen LogP contribution < -0.4 is 4.90 Å². The summed E-state index contributed by atoms with van der Waals surface area (Å²) in [5.41, 5.74) is 1.11. The number of piperidine rings is 1. The summed E-state index contributed by atoms with van der Waals surface area (Å²) in [7, 11) is 0. The minimum absolute atomic E-state index is 0.128. The average molecular weight is 259 g/mol. The van der Waals surface area contributed by atoms with Crippen molar-refractivity contribution in [2.75, 3.05) is 26.2 Å². The fourth-order valence-electron chi connectivity index (χ4n) is 3.01. The molecule has 1 saturated heterocycles. The Morgan fingerprint density at radius 3 is 2.11 bits per heavy atom. The maximum absolute atomic E-state index is 12.2. The number of quaternary nitrogens is 1. The van der Waals surface area contributed by atoms with Crippen LogP contribution in [-0.2, 0) is 0 Å². The Morgan fingerprint density at radius 1 is 0.947 bits per heavy atom. The summed E-state index contributed by atoms with van der Waals surface area (Å²) in [6, 6.07) is 7.10. The number of benzene rings is 1. The lowest BCUT2D eigenvalue weighted by molar-refractivity contribution is -0.904. The summed E-state index contributed by atoms with van der Waals surface area (Å²) in [4.78, 5) is 27.3. The molecule has 4 nitrogen and oxygen atoms in total. The minimum Gasteiger partial charge on any atom is -0.333 e. The van der Waals surface area contributed by atoms with Crippen molar-refractivity contribution in [2.24, 2.45) is 0 Å². The number of hydrogen-bond acceptors (Lipinski definition) is 2. The molecule has 0 aliphatic carbocycles. The van der Waals surface area contributed by atoms with Crippen molar-refractivity contribution in [3.05, 3.63) is 35.4 Å². The Bertz CT molecular complexity index is 472. The first-order valence-corrected chi connectivity index (χ1v) is 7.06. The number of fused-ring (bicyclic) bond motifs is 1. The molecule has 2 aliphatic heterocycles. The van der Waals surface area contributed by atoms with E-state index in [4.69, 9.17) is 0 Å². The zero-order valence-corrected chi connectivity index (χ0v) is 11.0. The molecule has 0 atom stereocenters. The van der Waals surface area contributed by atoms with Crippen LogP contribution in [0.1, 0.15) is 40.0 Å². The normalized spacial score (nSPS) is 19.9. The van der Waals surface area contributed by atoms with Gasteiger partial charge in [-0.2, -0.15) is 0 Å². The van der Waals surface area contributed by atoms with Crippen LogP contribution >= 0.6 is 0 Å². The second-order valence-corrected chi connectivity index (χ2v) is 5.37. The summed E-state index contributed by atoms with van der Waals surface area (Å²) >= 11 is 0. The second kappa shape index (κ2) is 5.13. The van der Waals surface area contributed by atoms with E-state index in [1.54, 1.807) is 12.1 Å². The number of imide groups is 1. The molecular weight excluding hydrogens is 240 g/mol. The summed E-state index contributed by atoms with van der Waals surface area (Å²) in [6.07, 6.45) is 3.84. The molecule has 0 bridgehead atoms. The molecule has 0 spiro atoms. The van der Waals surface area contributed by atoms with Gasteiger partial charge < -0.3 is 4.90 Å². The molecule has 19 heavy (non-hydrogen) atoms. The minimum atomic E-state index is -0.128. The Kier molecular flexibility index (Phi) is 3.34. The molecule has 1 fully saturated rings. The van der Waals surface area contributed by atoms with E-state index in [1.807, 2.05) is 12.1 Å². The van der Waals surface area contributed by atoms with Crippen LogP contribution in [0.15, 0.2) is 24.3 Å². The van der Waals surface area contributed by atoms with Gasteiger partial charge in [-0.15, -0.1) is 0 Å². The second-order valence-electron chi connectivity index (χ2n) is 5.37. The number of hydrogen-bond donors (Lipinski definition) is 1. The van der Waals surface area contributed by atoms with Crippen molar-refractivity contribution in [1.82, 2.24) is 4.90 Å². The number of carbonyl (C=O) groups is 2. The highest BCUT2D eigenvalue weighted by Crippen LogP contribution is 2.21. The van der Waals surface area contributed by atoms with Gasteiger partial charge in [-0.05, 0) is 31.4 Å². The standard InChI is InChI=1S/C15H18N2O2/c18-14-12-6-2-3-7-13(12)15(19)17(14)11-10-16-8-4-1-5-9-16/h2-3,6-7H,1,4-5,8-11H2/p+1. The number of amides is 2. The fourth-order valence-corrected chi connectivity index (χ4v) is 3.01. The third kappa shape index (κ3) is 2.28. The molecule has 2 aliphatic rings. The average Bonchev–Trinajstić information content (AvgIpc) is 2.71. The van der Waals surface area contributed by atoms with Crippen LogP contribution in [-0.4, -0.2) is 42.9 Å². The molecule has 0 radical (unpaired) electrons. The van der Waals surface area contributed by atoms with Gasteiger partial charge >= 0.3 is 0 Å². The Labute approximate surface area is 113 Å². The predicted octanol–water partition coefficient (Wildman–Crippen LogP) is 0.351. The Hall–Kier alpha value is -1.68. The summed E-state index contributed by atoms with van der Waals surface area (Å²) in [5.74, 6) is -0.256. The van der Waals surface area contributed by atoms with Crippen LogP contribution in [0.4, 0.5) is 0 Å². The van der Waals surface area contributed by atoms with Crippen molar-refractivity contribution >= 4 is 11.8 Å². The predicted molar refractivity (Wildman–Crippen MR) is 71.2 cm³/mol. The number of carbonyl (C=O) groups excluding carboxylic acids is 2. The molecular formula is C15H19N2O2+. The third-order valence-corrected chi connectivity index (χ3v) is 4.13. The van der Waals surface area contributed by atoms with Crippen LogP contribution in [0.2, 0.25) is 0 Å². The van der Waals surface area contributed by atoms with Gasteiger partial charge in [0.1, 0.15) is 0 Å². The van der Waals surface area contributed by atoms with E-state index in [2.05, 4.69) is 0 Å². The number of nitrogens with zero attached hydrogens (tertiary/aromatic N) is 1. The lowest BCUT2D eigenvalue weighted by Crippen LogP contribution is -3.13. The summed E-state index contributed by atoms with van der Waals surface area (Å²) in [5, 5.41) is 0. The lowest BCUT2D eigenvalue weighted by atomic mass is 10.1. The Morgan fingerprint density at radius 2 is 1.53 bits per heavy atom. The first-order valence-electron chi connectivity index (χ1n) is 7.06. The van der Waals surface area contributed by atoms with Gasteiger partial charge in [0.25, 0.3) is 11.8 Å². The topological polar surface area (TPSA) is 41.8 Å². The highest BCUT2D eigenvalue weighted by atomic mass is 16.2. The van der Waals surface area contributed by atoms with E-state index in [0.29, 0.717) is 17.7 Å². The van der Waals surface area contributed by atoms with E-state index in [9.17, 15) is 9.59 Å². The van der Waals surface area contributed by atoms with Crippen LogP contribution in [0.5, 0.6) is 0 Å². The van der Waals surface area contributed by atoms with E-state index >= 15 is 0 Å². The first-order chi connectivity index (χ1) is 9.27. The molecule has 2 heterocycles. The zero-order chi connectivity index (χ0) is 13.2. The van der Waals surface area contributed by atoms with Gasteiger partial charge in [-0.25, -0.2) is 0 Å². The highest BCUT2D eigenvalue weighted by Gasteiger charge is 2.35. The number of rotatable bonds is 3. The van der Waals surface area contributed by atoms with Gasteiger partial charge in [0.2, 0.25) is 0 Å². The molecule has 0 unspecified atom stereocenters. The van der Waals surface area contributed by atoms with Crippen LogP contribution in [0.3, 0.4) is 0 Å². The molecule has 0 aromatic heterocycles. The monoisotopic (exact) mass is 259 g/mol. The number of likely N-dealkylation sites (tertiary alicyclic amines) is 1. The molecule has 3 rings (SSSR count). The maximum atomic E-state index is 12.2. The summed E-state index contributed by atoms with van der Waals surface area (Å²) in [6.45, 7) is 3.76. The molecule has 100 valence electrons. The van der Waals surface area contributed by atoms with Crippen molar-refractivity contribution < 1.29 is 14.5 Å². The first kappa shape index (κ1) is 12.4. The zero-order valence-electron chi connectivity index (χ0n) is 11.0. The lowest BCUT2D eigenvalue weighted by Gasteiger charge is -2.25. The Balaban J connectivity index is 1.67. The van der Waals surface area contributed by atoms with Gasteiger partial charge in [-0.1, -0.05) is 12.1 Å². The van der Waals surface area contributed by atoms with Gasteiger partial charge in [0.15, 0.2) is 0 Å². The van der Waals surface area contributed by atoms with Gasteiger partial charge in [0, 0.05) is 0 Å². The smallest absolute Gasteiger partial charge is 0.261 e. The highest BCUT2D eigenvalue weighted by molar-refractivity contribution is 6.21. The van der Waals surface area contributed by atoms with Gasteiger partial charge in [-0.3, -0.25) is 14.5 Å². The molecule has 1 N–H and O–H groups in total. The van der Waals surface area contributed by atoms with E-state index in [0.717, 1.165) is 6.54 Å². The van der Waals surface area contributed by atoms with E-state index in [-0.39, 0.29) is 11.8 Å². The van der Waals surface area contributed by atoms with Crippen LogP contribution in [0.25, 0.3) is 0 Å². The fraction of sp³-hybridized carbons (Fsp3) is 0.467. The molecule has 4 heteroatoms. The van der Waals surface area contributed by atoms with Gasteiger partial charge in [0.05, 0.1) is 37.3 Å². The SMILES string of the molecule is O=C1c2ccccc2C(=O)N1CC[NH+]1CCCCC1. The quantitative estimate of drug-likeness (QED) is 0.796. The van der Waals surface area contributed by atoms with Crippen LogP contribution in [0, 0.1) is 0 Å². The van der Waals surface area contributed by atoms with E-state index < -0.39 is 0 Å². The molecule has 0 saturated carbocycles. The molecule has 2 amide bonds. The van der Waals surface area contributed by atoms with Crippen molar-refractivity contribution in [2.45, 2.75) is 19.3 Å². The number of nitrogens with one attached hydrogen (secondary N) is 1.